The Kier molecular flexibility index (Phi) is 55.2. The van der Waals surface area contributed by atoms with E-state index in [-0.39, 0.29) is 18.9 Å². The monoisotopic (exact) mass is 1250 g/mol. The molecule has 0 spiro atoms. The van der Waals surface area contributed by atoms with Gasteiger partial charge in [-0.15, -0.1) is 0 Å². The number of amides is 1. The summed E-state index contributed by atoms with van der Waals surface area (Å²) in [5.41, 5.74) is 0. The molecule has 0 aromatic carbocycles. The summed E-state index contributed by atoms with van der Waals surface area (Å²) in [7, 11) is 0. The molecule has 0 saturated carbocycles. The zero-order chi connectivity index (χ0) is 63.8. The smallest absolute Gasteiger partial charge is 0.220 e. The molecule has 0 aromatic heterocycles. The molecule has 0 bridgehead atoms. The molecule has 14 heteroatoms. The number of aliphatic hydroxyl groups excluding tert-OH is 8. The van der Waals surface area contributed by atoms with Crippen molar-refractivity contribution < 1.29 is 64.6 Å². The van der Waals surface area contributed by atoms with Gasteiger partial charge in [0, 0.05) is 6.42 Å². The van der Waals surface area contributed by atoms with Crippen molar-refractivity contribution in [3.05, 3.63) is 36.5 Å². The molecule has 2 rings (SSSR count). The summed E-state index contributed by atoms with van der Waals surface area (Å²) in [5.74, 6) is -0.242. The Morgan fingerprint density at radius 2 is 0.727 bits per heavy atom. The number of aliphatic hydroxyl groups is 8. The lowest BCUT2D eigenvalue weighted by molar-refractivity contribution is -0.359. The van der Waals surface area contributed by atoms with Gasteiger partial charge < -0.3 is 65.1 Å². The van der Waals surface area contributed by atoms with E-state index in [0.29, 0.717) is 12.8 Å². The molecule has 1 amide bonds. The Hall–Kier alpha value is -1.79. The van der Waals surface area contributed by atoms with Crippen molar-refractivity contribution in [3.63, 3.8) is 0 Å². The van der Waals surface area contributed by atoms with Gasteiger partial charge in [0.1, 0.15) is 48.8 Å². The Labute approximate surface area is 538 Å². The first-order chi connectivity index (χ1) is 43.1. The number of hydrogen-bond donors (Lipinski definition) is 9. The van der Waals surface area contributed by atoms with Crippen molar-refractivity contribution in [3.8, 4) is 0 Å². The maximum Gasteiger partial charge on any atom is 0.220 e. The first-order valence-electron chi connectivity index (χ1n) is 37.2. The Bertz CT molecular complexity index is 1620. The Morgan fingerprint density at radius 1 is 0.398 bits per heavy atom. The molecule has 518 valence electrons. The third kappa shape index (κ3) is 42.4. The first kappa shape index (κ1) is 82.3. The summed E-state index contributed by atoms with van der Waals surface area (Å²) in [6.45, 7) is 2.83. The standard InChI is InChI=1S/C74H139NO13/c1-3-5-7-9-11-13-15-17-19-21-23-24-25-26-27-28-29-30-31-32-33-34-35-36-37-38-40-42-44-46-48-50-52-54-56-58-66(79)75-62(63(78)57-55-53-51-49-47-45-43-41-39-22-20-18-16-14-12-10-8-6-4-2)61-85-73-71(84)69(82)72(65(60-77)87-73)88-74-70(83)68(81)67(80)64(59-76)86-74/h21,23,47,49,55,57,62-65,67-74,76-78,80-84H,3-20,22,24-46,48,50-54,56,58-61H2,1-2H3,(H,75,79)/b23-21-,49-47+,57-55+. The SMILES string of the molecule is CCCCCCCCCC/C=C\CCCCCCCCCCCCCCCCCCCCCCCCCC(=O)NC(COC1OC(CO)C(OC2OC(CO)C(O)C(O)C2O)C(O)C1O)C(O)/C=C/CC/C=C/CCCCCCCCCCCCCCC. The topological polar surface area (TPSA) is 228 Å². The van der Waals surface area contributed by atoms with Crippen LogP contribution < -0.4 is 5.32 Å². The number of ether oxygens (including phenoxy) is 4. The molecular weight excluding hydrogens is 1110 g/mol. The molecule has 2 aliphatic heterocycles. The molecule has 0 radical (unpaired) electrons. The molecule has 2 fully saturated rings. The lowest BCUT2D eigenvalue weighted by Gasteiger charge is -2.46. The van der Waals surface area contributed by atoms with Gasteiger partial charge in [-0.05, 0) is 57.8 Å². The molecule has 12 atom stereocenters. The first-order valence-corrected chi connectivity index (χ1v) is 37.2. The van der Waals surface area contributed by atoms with Crippen molar-refractivity contribution in [1.82, 2.24) is 5.32 Å². The minimum Gasteiger partial charge on any atom is -0.394 e. The highest BCUT2D eigenvalue weighted by Crippen LogP contribution is 2.30. The summed E-state index contributed by atoms with van der Waals surface area (Å²) in [6.07, 6.45) is 59.4. The maximum absolute atomic E-state index is 13.3. The largest absolute Gasteiger partial charge is 0.394 e. The predicted molar refractivity (Wildman–Crippen MR) is 360 cm³/mol. The van der Waals surface area contributed by atoms with E-state index in [2.05, 4.69) is 43.5 Å². The summed E-state index contributed by atoms with van der Waals surface area (Å²) in [5, 5.41) is 87.4. The molecular formula is C74H139NO13. The van der Waals surface area contributed by atoms with E-state index in [1.807, 2.05) is 6.08 Å². The van der Waals surface area contributed by atoms with E-state index >= 15 is 0 Å². The van der Waals surface area contributed by atoms with E-state index < -0.39 is 86.8 Å². The van der Waals surface area contributed by atoms with E-state index in [9.17, 15) is 45.6 Å². The van der Waals surface area contributed by atoms with Gasteiger partial charge in [-0.25, -0.2) is 0 Å². The lowest BCUT2D eigenvalue weighted by Crippen LogP contribution is -2.65. The number of nitrogens with one attached hydrogen (secondary N) is 1. The highest BCUT2D eigenvalue weighted by atomic mass is 16.7. The molecule has 2 aliphatic rings. The second kappa shape index (κ2) is 59.0. The number of unbranched alkanes of at least 4 members (excludes halogenated alkanes) is 45. The highest BCUT2D eigenvalue weighted by Gasteiger charge is 2.51. The van der Waals surface area contributed by atoms with Crippen LogP contribution in [0.15, 0.2) is 36.5 Å². The Balaban J connectivity index is 1.61. The van der Waals surface area contributed by atoms with Crippen LogP contribution in [0.25, 0.3) is 0 Å². The lowest BCUT2D eigenvalue weighted by atomic mass is 9.97. The van der Waals surface area contributed by atoms with Gasteiger partial charge in [-0.2, -0.15) is 0 Å². The number of hydrogen-bond acceptors (Lipinski definition) is 13. The van der Waals surface area contributed by atoms with Crippen molar-refractivity contribution in [1.29, 1.82) is 0 Å². The summed E-state index contributed by atoms with van der Waals surface area (Å²) < 4.78 is 22.8. The number of rotatable bonds is 62. The summed E-state index contributed by atoms with van der Waals surface area (Å²) in [4.78, 5) is 13.3. The number of allylic oxidation sites excluding steroid dienone is 5. The zero-order valence-electron chi connectivity index (χ0n) is 56.5. The fourth-order valence-corrected chi connectivity index (χ4v) is 12.4. The van der Waals surface area contributed by atoms with Crippen LogP contribution >= 0.6 is 0 Å². The average Bonchev–Trinajstić information content (AvgIpc) is 1.84. The number of carbonyl (C=O) groups is 1. The van der Waals surface area contributed by atoms with Gasteiger partial charge in [-0.1, -0.05) is 307 Å². The second-order valence-electron chi connectivity index (χ2n) is 26.4. The van der Waals surface area contributed by atoms with Crippen molar-refractivity contribution in [2.45, 2.75) is 408 Å². The minimum atomic E-state index is -1.79. The van der Waals surface area contributed by atoms with Gasteiger partial charge in [0.25, 0.3) is 0 Å². The van der Waals surface area contributed by atoms with E-state index in [1.54, 1.807) is 6.08 Å². The van der Waals surface area contributed by atoms with Gasteiger partial charge in [0.2, 0.25) is 5.91 Å². The molecule has 9 N–H and O–H groups in total. The second-order valence-corrected chi connectivity index (χ2v) is 26.4. The van der Waals surface area contributed by atoms with Crippen LogP contribution in [-0.2, 0) is 23.7 Å². The van der Waals surface area contributed by atoms with E-state index in [0.717, 1.165) is 32.1 Å². The van der Waals surface area contributed by atoms with Gasteiger partial charge in [-0.3, -0.25) is 4.79 Å². The molecule has 2 saturated heterocycles. The summed E-state index contributed by atoms with van der Waals surface area (Å²) >= 11 is 0. The van der Waals surface area contributed by atoms with Crippen LogP contribution in [0.1, 0.15) is 335 Å². The number of carbonyl (C=O) groups excluding carboxylic acids is 1. The van der Waals surface area contributed by atoms with Crippen molar-refractivity contribution in [2.24, 2.45) is 0 Å². The minimum absolute atomic E-state index is 0.242. The van der Waals surface area contributed by atoms with Crippen LogP contribution in [-0.4, -0.2) is 140 Å². The van der Waals surface area contributed by atoms with Crippen molar-refractivity contribution >= 4 is 5.91 Å². The van der Waals surface area contributed by atoms with Gasteiger partial charge in [0.05, 0.1) is 32.0 Å². The van der Waals surface area contributed by atoms with Gasteiger partial charge in [0.15, 0.2) is 12.6 Å². The maximum atomic E-state index is 13.3. The normalized spacial score (nSPS) is 23.3. The molecule has 0 aromatic rings. The van der Waals surface area contributed by atoms with Crippen molar-refractivity contribution in [2.75, 3.05) is 19.8 Å². The summed E-state index contributed by atoms with van der Waals surface area (Å²) in [6, 6.07) is -0.930. The predicted octanol–water partition coefficient (Wildman–Crippen LogP) is 15.7. The molecule has 2 heterocycles. The average molecular weight is 1250 g/mol. The van der Waals surface area contributed by atoms with Crippen LogP contribution in [0.5, 0.6) is 0 Å². The van der Waals surface area contributed by atoms with E-state index in [4.69, 9.17) is 18.9 Å². The molecule has 88 heavy (non-hydrogen) atoms. The molecule has 14 nitrogen and oxygen atoms in total. The van der Waals surface area contributed by atoms with Crippen LogP contribution in [0.2, 0.25) is 0 Å². The zero-order valence-corrected chi connectivity index (χ0v) is 56.5. The fraction of sp³-hybridized carbons (Fsp3) is 0.905. The van der Waals surface area contributed by atoms with E-state index in [1.165, 1.54) is 270 Å². The highest BCUT2D eigenvalue weighted by molar-refractivity contribution is 5.76. The van der Waals surface area contributed by atoms with Crippen LogP contribution in [0.4, 0.5) is 0 Å². The molecule has 0 aliphatic carbocycles. The Morgan fingerprint density at radius 3 is 1.11 bits per heavy atom. The molecule has 12 unspecified atom stereocenters. The van der Waals surface area contributed by atoms with Crippen LogP contribution in [0.3, 0.4) is 0 Å². The van der Waals surface area contributed by atoms with Crippen LogP contribution in [0, 0.1) is 0 Å². The third-order valence-corrected chi connectivity index (χ3v) is 18.3. The third-order valence-electron chi connectivity index (χ3n) is 18.3. The van der Waals surface area contributed by atoms with Gasteiger partial charge >= 0.3 is 0 Å². The quantitative estimate of drug-likeness (QED) is 0.0204. The fourth-order valence-electron chi connectivity index (χ4n) is 12.4.